The maximum atomic E-state index is 7.51. The van der Waals surface area contributed by atoms with Crippen molar-refractivity contribution in [1.29, 1.82) is 0 Å². The van der Waals surface area contributed by atoms with Crippen molar-refractivity contribution >= 4 is 45.4 Å². The van der Waals surface area contributed by atoms with Gasteiger partial charge in [0.2, 0.25) is 0 Å². The largest absolute Gasteiger partial charge is 0.497 e. The average Bonchev–Trinajstić information content (AvgIpc) is 3.42. The van der Waals surface area contributed by atoms with E-state index in [4.69, 9.17) is 27.5 Å². The third-order valence-corrected chi connectivity index (χ3v) is 17.6. The summed E-state index contributed by atoms with van der Waals surface area (Å²) in [6.07, 6.45) is 4.48. The van der Waals surface area contributed by atoms with Crippen LogP contribution in [0.2, 0.25) is 25.2 Å². The highest BCUT2D eigenvalue weighted by atomic mass is 28.3. The predicted molar refractivity (Wildman–Crippen MR) is 254 cm³/mol. The van der Waals surface area contributed by atoms with Crippen LogP contribution in [0.1, 0.15) is 83.0 Å². The lowest BCUT2D eigenvalue weighted by atomic mass is 9.80. The average molecular weight is 827 g/mol. The molecule has 57 heavy (non-hydrogen) atoms. The summed E-state index contributed by atoms with van der Waals surface area (Å²) in [5.41, 5.74) is 8.59. The molecule has 0 radical (unpaired) electrons. The molecule has 5 aromatic rings. The van der Waals surface area contributed by atoms with Crippen molar-refractivity contribution in [2.75, 3.05) is 27.4 Å². The molecule has 1 heterocycles. The number of rotatable bonds is 14. The summed E-state index contributed by atoms with van der Waals surface area (Å²) in [6, 6.07) is 32.2. The first kappa shape index (κ1) is 49.2. The van der Waals surface area contributed by atoms with Crippen molar-refractivity contribution in [2.45, 2.75) is 94.3 Å². The smallest absolute Gasteiger partial charge is 0.178 e. The van der Waals surface area contributed by atoms with Gasteiger partial charge in [-0.15, -0.1) is 0 Å². The van der Waals surface area contributed by atoms with Crippen molar-refractivity contribution in [2.24, 2.45) is 0 Å². The number of hydrogen-bond acceptors (Lipinski definition) is 6. The van der Waals surface area contributed by atoms with Crippen LogP contribution in [0.5, 0.6) is 17.2 Å². The molecule has 2 aliphatic rings. The van der Waals surface area contributed by atoms with Gasteiger partial charge in [0.1, 0.15) is 32.6 Å². The van der Waals surface area contributed by atoms with Crippen LogP contribution in [-0.4, -0.2) is 56.0 Å². The molecule has 0 aromatic heterocycles. The van der Waals surface area contributed by atoms with E-state index in [0.29, 0.717) is 13.2 Å². The Morgan fingerprint density at radius 3 is 1.93 bits per heavy atom. The molecule has 0 amide bonds. The van der Waals surface area contributed by atoms with Crippen LogP contribution in [0.4, 0.5) is 0 Å². The first-order chi connectivity index (χ1) is 25.2. The quantitative estimate of drug-likeness (QED) is 0.0821. The Labute approximate surface area is 351 Å². The van der Waals surface area contributed by atoms with Gasteiger partial charge >= 0.3 is 0 Å². The first-order valence-electron chi connectivity index (χ1n) is 18.4. The molecule has 1 aliphatic heterocycles. The van der Waals surface area contributed by atoms with Crippen LogP contribution >= 0.6 is 0 Å². The molecule has 1 aliphatic carbocycles. The Bertz CT molecular complexity index is 2050. The minimum absolute atomic E-state index is 0. The molecular weight excluding hydrogens is 757 g/mol. The van der Waals surface area contributed by atoms with E-state index in [1.54, 1.807) is 14.2 Å². The van der Waals surface area contributed by atoms with E-state index in [9.17, 15) is 0 Å². The zero-order valence-corrected chi connectivity index (χ0v) is 35.5. The number of benzene rings is 5. The lowest BCUT2D eigenvalue weighted by Crippen LogP contribution is -2.35. The Balaban J connectivity index is 0.00000224. The SMILES string of the molecule is C.C.C.C.C.COc1ccc(C2(c3ccc(OC)cc3)C=Cc3c4c(c5ccc(C)cc5c3O2)-c2ccc(C)cc2C4(C)OCCO[SiH2]CC[SiH](C)O[SiH2]C)cc1. The third-order valence-electron chi connectivity index (χ3n) is 10.6. The maximum Gasteiger partial charge on any atom is 0.178 e. The summed E-state index contributed by atoms with van der Waals surface area (Å²) in [4.78, 5) is 0. The van der Waals surface area contributed by atoms with Gasteiger partial charge in [-0.2, -0.15) is 0 Å². The van der Waals surface area contributed by atoms with Gasteiger partial charge in [0.25, 0.3) is 0 Å². The Morgan fingerprint density at radius 2 is 1.33 bits per heavy atom. The Kier molecular flexibility index (Phi) is 17.8. The highest BCUT2D eigenvalue weighted by Crippen LogP contribution is 2.58. The van der Waals surface area contributed by atoms with E-state index < -0.39 is 30.0 Å². The summed E-state index contributed by atoms with van der Waals surface area (Å²) in [6.45, 7) is 12.2. The van der Waals surface area contributed by atoms with Gasteiger partial charge in [0.05, 0.1) is 27.4 Å². The van der Waals surface area contributed by atoms with Gasteiger partial charge in [0.15, 0.2) is 24.4 Å². The van der Waals surface area contributed by atoms with Gasteiger partial charge in [0, 0.05) is 27.6 Å². The molecule has 0 N–H and O–H groups in total. The van der Waals surface area contributed by atoms with Crippen molar-refractivity contribution in [3.05, 3.63) is 130 Å². The molecule has 5 aromatic carbocycles. The van der Waals surface area contributed by atoms with Gasteiger partial charge in [-0.1, -0.05) is 115 Å². The highest BCUT2D eigenvalue weighted by molar-refractivity contribution is 6.58. The molecule has 9 heteroatoms. The van der Waals surface area contributed by atoms with Gasteiger partial charge in [-0.05, 0) is 97.9 Å². The first-order valence-corrected chi connectivity index (χ1v) is 24.5. The third kappa shape index (κ3) is 9.19. The minimum Gasteiger partial charge on any atom is -0.497 e. The number of fused-ring (bicyclic) bond motifs is 8. The topological polar surface area (TPSA) is 55.4 Å². The fourth-order valence-corrected chi connectivity index (χ4v) is 14.4. The molecule has 0 saturated carbocycles. The number of hydrogen-bond donors (Lipinski definition) is 0. The summed E-state index contributed by atoms with van der Waals surface area (Å²) in [5, 5.41) is 2.24. The van der Waals surface area contributed by atoms with Gasteiger partial charge < -0.3 is 27.5 Å². The van der Waals surface area contributed by atoms with E-state index >= 15 is 0 Å². The van der Waals surface area contributed by atoms with E-state index in [2.05, 4.69) is 107 Å². The van der Waals surface area contributed by atoms with Crippen LogP contribution < -0.4 is 14.2 Å². The molecule has 0 spiro atoms. The minimum atomic E-state index is -1.01. The summed E-state index contributed by atoms with van der Waals surface area (Å²) in [5.74, 6) is 2.44. The number of methoxy groups -OCH3 is 2. The fraction of sp³-hybridized carbons (Fsp3) is 0.375. The molecule has 7 rings (SSSR count). The second-order valence-corrected chi connectivity index (χ2v) is 19.8. The van der Waals surface area contributed by atoms with E-state index in [-0.39, 0.29) is 46.9 Å². The molecular formula is C48H70O6Si3. The Morgan fingerprint density at radius 1 is 0.737 bits per heavy atom. The molecule has 0 saturated heterocycles. The Hall–Kier alpha value is -3.97. The van der Waals surface area contributed by atoms with Crippen LogP contribution in [0, 0.1) is 13.8 Å². The summed E-state index contributed by atoms with van der Waals surface area (Å²) < 4.78 is 37.9. The van der Waals surface area contributed by atoms with E-state index in [1.165, 1.54) is 39.9 Å². The monoisotopic (exact) mass is 826 g/mol. The number of aryl methyl sites for hydroxylation is 2. The van der Waals surface area contributed by atoms with E-state index in [1.807, 2.05) is 24.3 Å². The van der Waals surface area contributed by atoms with Crippen molar-refractivity contribution in [1.82, 2.24) is 0 Å². The standard InChI is InChI=1S/C43H50O6Si3.5CH4/c1-28-8-18-34-37(26-28)41-36(20-21-43(48-41,30-10-14-32(44-4)15-11-30)31-12-16-33(45-5)17-13-31)40-39(34)35-19-9-29(2)27-38(35)42(40,3)46-22-23-47-51-24-25-52(7)49-50-6;;;;;/h8-21,26-27,52H,22-25,50-51H2,1-7H3;5*1H4. The van der Waals surface area contributed by atoms with Crippen molar-refractivity contribution in [3.8, 4) is 28.4 Å². The van der Waals surface area contributed by atoms with Crippen molar-refractivity contribution < 1.29 is 27.5 Å². The summed E-state index contributed by atoms with van der Waals surface area (Å²) in [7, 11) is 1.45. The van der Waals surface area contributed by atoms with Crippen LogP contribution in [0.15, 0.2) is 91.0 Å². The van der Waals surface area contributed by atoms with Crippen LogP contribution in [0.25, 0.3) is 28.0 Å². The van der Waals surface area contributed by atoms with Gasteiger partial charge in [-0.25, -0.2) is 0 Å². The number of ether oxygens (including phenoxy) is 4. The lowest BCUT2D eigenvalue weighted by molar-refractivity contribution is -0.0148. The molecule has 310 valence electrons. The summed E-state index contributed by atoms with van der Waals surface area (Å²) >= 11 is 0. The molecule has 0 fully saturated rings. The molecule has 2 unspecified atom stereocenters. The normalized spacial score (nSPS) is 16.2. The maximum absolute atomic E-state index is 7.51. The van der Waals surface area contributed by atoms with Crippen LogP contribution in [0.3, 0.4) is 0 Å². The second-order valence-electron chi connectivity index (χ2n) is 14.1. The van der Waals surface area contributed by atoms with E-state index in [0.717, 1.165) is 50.3 Å². The van der Waals surface area contributed by atoms with Crippen LogP contribution in [-0.2, 0) is 24.5 Å². The fourth-order valence-electron chi connectivity index (χ4n) is 7.99. The molecule has 6 nitrogen and oxygen atoms in total. The predicted octanol–water partition coefficient (Wildman–Crippen LogP) is 11.3. The molecule has 2 atom stereocenters. The zero-order valence-electron chi connectivity index (χ0n) is 31.5. The van der Waals surface area contributed by atoms with Crippen molar-refractivity contribution in [3.63, 3.8) is 0 Å². The highest BCUT2D eigenvalue weighted by Gasteiger charge is 2.47. The molecule has 0 bridgehead atoms. The zero-order chi connectivity index (χ0) is 36.5. The van der Waals surface area contributed by atoms with Gasteiger partial charge in [-0.3, -0.25) is 0 Å². The lowest BCUT2D eigenvalue weighted by Gasteiger charge is -2.39. The second kappa shape index (κ2) is 20.6.